The summed E-state index contributed by atoms with van der Waals surface area (Å²) in [5, 5.41) is 4.87. The van der Waals surface area contributed by atoms with Gasteiger partial charge in [0.1, 0.15) is 0 Å². The number of rotatable bonds is 1. The molecule has 106 valence electrons. The van der Waals surface area contributed by atoms with Gasteiger partial charge in [0, 0.05) is 5.56 Å². The summed E-state index contributed by atoms with van der Waals surface area (Å²) >= 11 is 11.7. The molecule has 0 atom stereocenters. The zero-order chi connectivity index (χ0) is 15.1. The summed E-state index contributed by atoms with van der Waals surface area (Å²) in [6.07, 6.45) is 0. The van der Waals surface area contributed by atoms with Crippen LogP contribution < -0.4 is 0 Å². The molecular weight excluding hydrogens is 317 g/mol. The molecule has 0 amide bonds. The van der Waals surface area contributed by atoms with Crippen LogP contribution in [0.15, 0.2) is 54.6 Å². The van der Waals surface area contributed by atoms with E-state index < -0.39 is 0 Å². The molecule has 0 unspecified atom stereocenters. The third kappa shape index (κ3) is 2.28. The Morgan fingerprint density at radius 2 is 1.27 bits per heavy atom. The average molecular weight is 326 g/mol. The van der Waals surface area contributed by atoms with Crippen molar-refractivity contribution in [3.63, 3.8) is 0 Å². The van der Waals surface area contributed by atoms with Crippen LogP contribution in [0.5, 0.6) is 0 Å². The molecule has 5 heteroatoms. The van der Waals surface area contributed by atoms with Crippen molar-refractivity contribution in [3.05, 3.63) is 65.2 Å². The van der Waals surface area contributed by atoms with Gasteiger partial charge in [0.05, 0.1) is 0 Å². The van der Waals surface area contributed by atoms with Gasteiger partial charge in [-0.15, -0.1) is 0 Å². The third-order valence-corrected chi connectivity index (χ3v) is 3.92. The smallest absolute Gasteiger partial charge is 0.198 e. The molecule has 4 rings (SSSR count). The number of aromatic nitrogens is 3. The molecule has 0 bridgehead atoms. The third-order valence-electron chi connectivity index (χ3n) is 3.59. The lowest BCUT2D eigenvalue weighted by molar-refractivity contribution is 1.06. The zero-order valence-electron chi connectivity index (χ0n) is 11.3. The number of halogens is 2. The summed E-state index contributed by atoms with van der Waals surface area (Å²) in [4.78, 5) is 12.1. The van der Waals surface area contributed by atoms with Gasteiger partial charge in [-0.25, -0.2) is 0 Å². The summed E-state index contributed by atoms with van der Waals surface area (Å²) in [5.41, 5.74) is 0.857. The Labute approximate surface area is 136 Å². The minimum atomic E-state index is 0.0908. The van der Waals surface area contributed by atoms with E-state index >= 15 is 0 Å². The maximum atomic E-state index is 5.87. The lowest BCUT2D eigenvalue weighted by Gasteiger charge is -2.06. The Morgan fingerprint density at radius 3 is 2.05 bits per heavy atom. The highest BCUT2D eigenvalue weighted by atomic mass is 35.5. The lowest BCUT2D eigenvalue weighted by atomic mass is 10.00. The van der Waals surface area contributed by atoms with Crippen LogP contribution in [0.4, 0.5) is 0 Å². The highest BCUT2D eigenvalue weighted by Gasteiger charge is 2.08. The second-order valence-corrected chi connectivity index (χ2v) is 5.60. The van der Waals surface area contributed by atoms with E-state index in [0.717, 1.165) is 16.3 Å². The molecule has 3 nitrogen and oxygen atoms in total. The first kappa shape index (κ1) is 13.4. The summed E-state index contributed by atoms with van der Waals surface area (Å²) in [6.45, 7) is 0. The quantitative estimate of drug-likeness (QED) is 0.454. The zero-order valence-corrected chi connectivity index (χ0v) is 12.8. The molecule has 0 aliphatic rings. The first-order valence-corrected chi connectivity index (χ1v) is 7.45. The van der Waals surface area contributed by atoms with E-state index in [1.807, 2.05) is 24.3 Å². The molecule has 0 aliphatic heterocycles. The van der Waals surface area contributed by atoms with Gasteiger partial charge in [0.15, 0.2) is 5.82 Å². The molecule has 3 aromatic carbocycles. The van der Waals surface area contributed by atoms with Crippen LogP contribution in [-0.4, -0.2) is 15.0 Å². The van der Waals surface area contributed by atoms with Crippen molar-refractivity contribution in [2.45, 2.75) is 0 Å². The van der Waals surface area contributed by atoms with Gasteiger partial charge in [-0.05, 0) is 50.8 Å². The van der Waals surface area contributed by atoms with Crippen LogP contribution in [0, 0.1) is 0 Å². The minimum absolute atomic E-state index is 0.0908. The fourth-order valence-corrected chi connectivity index (χ4v) is 2.96. The van der Waals surface area contributed by atoms with E-state index in [1.54, 1.807) is 0 Å². The lowest BCUT2D eigenvalue weighted by Crippen LogP contribution is -1.93. The predicted octanol–water partition coefficient (Wildman–Crippen LogP) is 5.15. The van der Waals surface area contributed by atoms with Crippen molar-refractivity contribution in [2.75, 3.05) is 0 Å². The van der Waals surface area contributed by atoms with E-state index in [4.69, 9.17) is 23.2 Å². The fourth-order valence-electron chi connectivity index (χ4n) is 2.60. The first-order valence-electron chi connectivity index (χ1n) is 6.70. The van der Waals surface area contributed by atoms with E-state index in [-0.39, 0.29) is 10.6 Å². The van der Waals surface area contributed by atoms with Crippen LogP contribution in [0.2, 0.25) is 10.6 Å². The number of benzene rings is 3. The Bertz CT molecular complexity index is 995. The van der Waals surface area contributed by atoms with Crippen molar-refractivity contribution in [3.8, 4) is 11.4 Å². The molecule has 0 saturated heterocycles. The van der Waals surface area contributed by atoms with Gasteiger partial charge in [-0.1, -0.05) is 48.5 Å². The van der Waals surface area contributed by atoms with Crippen LogP contribution >= 0.6 is 23.2 Å². The largest absolute Gasteiger partial charge is 0.227 e. The number of nitrogens with zero attached hydrogens (tertiary/aromatic N) is 3. The molecule has 0 radical (unpaired) electrons. The molecule has 4 aromatic rings. The van der Waals surface area contributed by atoms with Gasteiger partial charge in [-0.3, -0.25) is 0 Å². The van der Waals surface area contributed by atoms with Crippen LogP contribution in [-0.2, 0) is 0 Å². The predicted molar refractivity (Wildman–Crippen MR) is 90.3 cm³/mol. The molecule has 0 N–H and O–H groups in total. The Kier molecular flexibility index (Phi) is 3.17. The van der Waals surface area contributed by atoms with Crippen LogP contribution in [0.25, 0.3) is 32.9 Å². The number of hydrogen-bond donors (Lipinski definition) is 0. The normalized spacial score (nSPS) is 11.2. The van der Waals surface area contributed by atoms with E-state index in [0.29, 0.717) is 5.82 Å². The van der Waals surface area contributed by atoms with Crippen molar-refractivity contribution >= 4 is 44.7 Å². The minimum Gasteiger partial charge on any atom is -0.198 e. The van der Waals surface area contributed by atoms with Gasteiger partial charge in [0.25, 0.3) is 0 Å². The van der Waals surface area contributed by atoms with E-state index in [2.05, 4.69) is 45.3 Å². The van der Waals surface area contributed by atoms with Crippen molar-refractivity contribution in [1.82, 2.24) is 15.0 Å². The standard InChI is InChI=1S/C17H9Cl2N3/c18-16-20-15(21-17(19)22-16)12-8-7-11-6-5-10-3-1-2-4-13(10)14(11)9-12/h1-9H. The first-order chi connectivity index (χ1) is 10.7. The number of fused-ring (bicyclic) bond motifs is 3. The SMILES string of the molecule is Clc1nc(Cl)nc(-c2ccc3ccc4ccccc4c3c2)n1. The monoisotopic (exact) mass is 325 g/mol. The molecule has 22 heavy (non-hydrogen) atoms. The summed E-state index contributed by atoms with van der Waals surface area (Å²) in [6, 6.07) is 18.5. The van der Waals surface area contributed by atoms with Crippen molar-refractivity contribution < 1.29 is 0 Å². The Hall–Kier alpha value is -2.23. The van der Waals surface area contributed by atoms with Crippen LogP contribution in [0.1, 0.15) is 0 Å². The molecule has 0 spiro atoms. The topological polar surface area (TPSA) is 38.7 Å². The second kappa shape index (κ2) is 5.20. The molecule has 0 saturated carbocycles. The Balaban J connectivity index is 2.01. The van der Waals surface area contributed by atoms with E-state index in [1.165, 1.54) is 10.8 Å². The molecular formula is C17H9Cl2N3. The molecule has 0 aliphatic carbocycles. The molecule has 0 fully saturated rings. The molecule has 1 aromatic heterocycles. The Morgan fingerprint density at radius 1 is 0.636 bits per heavy atom. The van der Waals surface area contributed by atoms with Gasteiger partial charge in [0.2, 0.25) is 10.6 Å². The highest BCUT2D eigenvalue weighted by Crippen LogP contribution is 2.29. The molecule has 1 heterocycles. The summed E-state index contributed by atoms with van der Waals surface area (Å²) < 4.78 is 0. The van der Waals surface area contributed by atoms with Gasteiger partial charge >= 0.3 is 0 Å². The summed E-state index contributed by atoms with van der Waals surface area (Å²) in [5.74, 6) is 0.472. The second-order valence-electron chi connectivity index (χ2n) is 4.92. The van der Waals surface area contributed by atoms with Crippen molar-refractivity contribution in [1.29, 1.82) is 0 Å². The van der Waals surface area contributed by atoms with Gasteiger partial charge < -0.3 is 0 Å². The van der Waals surface area contributed by atoms with E-state index in [9.17, 15) is 0 Å². The van der Waals surface area contributed by atoms with Gasteiger partial charge in [-0.2, -0.15) is 15.0 Å². The number of hydrogen-bond acceptors (Lipinski definition) is 3. The fraction of sp³-hybridized carbons (Fsp3) is 0. The summed E-state index contributed by atoms with van der Waals surface area (Å²) in [7, 11) is 0. The maximum Gasteiger partial charge on any atom is 0.227 e. The maximum absolute atomic E-state index is 5.87. The average Bonchev–Trinajstić information content (AvgIpc) is 2.53. The van der Waals surface area contributed by atoms with Crippen molar-refractivity contribution in [2.24, 2.45) is 0 Å². The van der Waals surface area contributed by atoms with Crippen LogP contribution in [0.3, 0.4) is 0 Å². The highest BCUT2D eigenvalue weighted by molar-refractivity contribution is 6.31.